The Kier molecular flexibility index (Phi) is 2.19. The molecule has 1 fully saturated rings. The number of pyridine rings is 1. The van der Waals surface area contributed by atoms with Crippen molar-refractivity contribution in [2.75, 3.05) is 0 Å². The Bertz CT molecular complexity index is 602. The third kappa shape index (κ3) is 1.42. The fraction of sp³-hybridized carbons (Fsp3) is 0.333. The number of carboxylic acid groups (broad SMARTS) is 1. The van der Waals surface area contributed by atoms with Gasteiger partial charge in [0.1, 0.15) is 11.4 Å². The molecule has 0 unspecified atom stereocenters. The largest absolute Gasteiger partial charge is 0.479 e. The molecule has 0 spiro atoms. The lowest BCUT2D eigenvalue weighted by atomic mass is 10.2. The molecule has 0 radical (unpaired) electrons. The summed E-state index contributed by atoms with van der Waals surface area (Å²) in [4.78, 5) is 15.4. The summed E-state index contributed by atoms with van der Waals surface area (Å²) < 4.78 is 1.73. The quantitative estimate of drug-likeness (QED) is 0.878. The minimum atomic E-state index is -0.855. The minimum Gasteiger partial charge on any atom is -0.479 e. The van der Waals surface area contributed by atoms with Crippen LogP contribution in [0.25, 0.3) is 11.4 Å². The Labute approximate surface area is 103 Å². The first-order valence-corrected chi connectivity index (χ1v) is 5.71. The molecule has 2 heterocycles. The van der Waals surface area contributed by atoms with Crippen molar-refractivity contribution in [3.05, 3.63) is 30.4 Å². The van der Waals surface area contributed by atoms with Crippen LogP contribution in [0.3, 0.4) is 0 Å². The van der Waals surface area contributed by atoms with E-state index >= 15 is 0 Å². The summed E-state index contributed by atoms with van der Waals surface area (Å²) in [6.07, 6.45) is 4.56. The molecule has 6 nitrogen and oxygen atoms in total. The fourth-order valence-corrected chi connectivity index (χ4v) is 2.21. The third-order valence-electron chi connectivity index (χ3n) is 3.31. The van der Waals surface area contributed by atoms with E-state index in [0.717, 1.165) is 5.56 Å². The van der Waals surface area contributed by atoms with Crippen LogP contribution in [-0.2, 0) is 10.3 Å². The topological polar surface area (TPSA) is 80.9 Å². The Morgan fingerprint density at radius 2 is 2.00 bits per heavy atom. The number of hydrogen-bond acceptors (Lipinski definition) is 4. The van der Waals surface area contributed by atoms with Crippen LogP contribution in [0.15, 0.2) is 24.5 Å². The molecule has 18 heavy (non-hydrogen) atoms. The zero-order valence-electron chi connectivity index (χ0n) is 9.87. The van der Waals surface area contributed by atoms with Crippen LogP contribution in [0.4, 0.5) is 0 Å². The predicted octanol–water partition coefficient (Wildman–Crippen LogP) is 1.22. The Morgan fingerprint density at radius 1 is 1.33 bits per heavy atom. The molecule has 2 aromatic rings. The van der Waals surface area contributed by atoms with E-state index in [1.807, 2.05) is 0 Å². The summed E-state index contributed by atoms with van der Waals surface area (Å²) in [5.74, 6) is 0.400. The first kappa shape index (κ1) is 10.9. The first-order valence-electron chi connectivity index (χ1n) is 5.71. The maximum Gasteiger partial charge on any atom is 0.330 e. The van der Waals surface area contributed by atoms with Crippen molar-refractivity contribution in [2.45, 2.75) is 25.3 Å². The normalized spacial score (nSPS) is 16.5. The predicted molar refractivity (Wildman–Crippen MR) is 62.8 cm³/mol. The van der Waals surface area contributed by atoms with E-state index in [1.165, 1.54) is 0 Å². The van der Waals surface area contributed by atoms with Gasteiger partial charge in [0.15, 0.2) is 5.82 Å². The SMILES string of the molecule is Cc1nnc(-c2ccncc2)n1C1(C(=O)O)CC1. The molecular weight excluding hydrogens is 232 g/mol. The van der Waals surface area contributed by atoms with Crippen molar-refractivity contribution in [3.63, 3.8) is 0 Å². The molecule has 3 rings (SSSR count). The molecule has 0 atom stereocenters. The second-order valence-electron chi connectivity index (χ2n) is 4.48. The Hall–Kier alpha value is -2.24. The van der Waals surface area contributed by atoms with Gasteiger partial charge in [0.2, 0.25) is 0 Å². The highest BCUT2D eigenvalue weighted by Gasteiger charge is 2.54. The van der Waals surface area contributed by atoms with Gasteiger partial charge in [-0.05, 0) is 31.9 Å². The molecule has 0 aliphatic heterocycles. The number of aliphatic carboxylic acids is 1. The van der Waals surface area contributed by atoms with E-state index in [4.69, 9.17) is 0 Å². The minimum absolute atomic E-state index is 0.592. The highest BCUT2D eigenvalue weighted by Crippen LogP contribution is 2.46. The highest BCUT2D eigenvalue weighted by atomic mass is 16.4. The molecule has 0 aromatic carbocycles. The van der Waals surface area contributed by atoms with Crippen LogP contribution in [0.1, 0.15) is 18.7 Å². The molecule has 1 aliphatic carbocycles. The van der Waals surface area contributed by atoms with Crippen LogP contribution in [0.5, 0.6) is 0 Å². The van der Waals surface area contributed by atoms with Gasteiger partial charge in [-0.1, -0.05) is 0 Å². The van der Waals surface area contributed by atoms with Gasteiger partial charge in [0, 0.05) is 18.0 Å². The van der Waals surface area contributed by atoms with E-state index in [2.05, 4.69) is 15.2 Å². The third-order valence-corrected chi connectivity index (χ3v) is 3.31. The van der Waals surface area contributed by atoms with Crippen LogP contribution < -0.4 is 0 Å². The molecule has 92 valence electrons. The van der Waals surface area contributed by atoms with Crippen molar-refractivity contribution in [3.8, 4) is 11.4 Å². The molecule has 1 aliphatic rings. The van der Waals surface area contributed by atoms with Gasteiger partial charge in [-0.3, -0.25) is 9.55 Å². The number of carbonyl (C=O) groups is 1. The van der Waals surface area contributed by atoms with Gasteiger partial charge >= 0.3 is 5.97 Å². The van der Waals surface area contributed by atoms with Crippen LogP contribution in [0, 0.1) is 6.92 Å². The van der Waals surface area contributed by atoms with Crippen molar-refractivity contribution >= 4 is 5.97 Å². The van der Waals surface area contributed by atoms with Crippen molar-refractivity contribution in [1.82, 2.24) is 19.7 Å². The average Bonchev–Trinajstić information content (AvgIpc) is 3.09. The Balaban J connectivity index is 2.17. The van der Waals surface area contributed by atoms with Crippen LogP contribution >= 0.6 is 0 Å². The lowest BCUT2D eigenvalue weighted by Crippen LogP contribution is -2.29. The van der Waals surface area contributed by atoms with Gasteiger partial charge in [-0.15, -0.1) is 10.2 Å². The molecule has 1 saturated carbocycles. The number of rotatable bonds is 3. The second-order valence-corrected chi connectivity index (χ2v) is 4.48. The van der Waals surface area contributed by atoms with Crippen molar-refractivity contribution in [1.29, 1.82) is 0 Å². The van der Waals surface area contributed by atoms with Gasteiger partial charge in [-0.25, -0.2) is 4.79 Å². The van der Waals surface area contributed by atoms with Crippen molar-refractivity contribution < 1.29 is 9.90 Å². The zero-order valence-corrected chi connectivity index (χ0v) is 9.87. The highest BCUT2D eigenvalue weighted by molar-refractivity contribution is 5.81. The first-order chi connectivity index (χ1) is 8.65. The lowest BCUT2D eigenvalue weighted by molar-refractivity contribution is -0.142. The number of hydrogen-bond donors (Lipinski definition) is 1. The lowest BCUT2D eigenvalue weighted by Gasteiger charge is -2.16. The summed E-state index contributed by atoms with van der Waals surface area (Å²) in [6.45, 7) is 1.78. The van der Waals surface area contributed by atoms with Gasteiger partial charge < -0.3 is 5.11 Å². The van der Waals surface area contributed by atoms with E-state index in [0.29, 0.717) is 24.5 Å². The average molecular weight is 244 g/mol. The Morgan fingerprint density at radius 3 is 2.56 bits per heavy atom. The zero-order chi connectivity index (χ0) is 12.8. The van der Waals surface area contributed by atoms with Crippen LogP contribution in [-0.4, -0.2) is 30.8 Å². The fourth-order valence-electron chi connectivity index (χ4n) is 2.21. The van der Waals surface area contributed by atoms with Crippen LogP contribution in [0.2, 0.25) is 0 Å². The summed E-state index contributed by atoms with van der Waals surface area (Å²) in [7, 11) is 0. The second kappa shape index (κ2) is 3.63. The molecule has 0 saturated heterocycles. The monoisotopic (exact) mass is 244 g/mol. The maximum atomic E-state index is 11.4. The van der Waals surface area contributed by atoms with Gasteiger partial charge in [0.25, 0.3) is 0 Å². The van der Waals surface area contributed by atoms with E-state index in [9.17, 15) is 9.90 Å². The van der Waals surface area contributed by atoms with E-state index < -0.39 is 11.5 Å². The summed E-state index contributed by atoms with van der Waals surface area (Å²) in [6, 6.07) is 3.61. The molecule has 0 amide bonds. The number of carboxylic acids is 1. The number of aromatic nitrogens is 4. The van der Waals surface area contributed by atoms with Gasteiger partial charge in [0.05, 0.1) is 0 Å². The smallest absolute Gasteiger partial charge is 0.330 e. The molecule has 6 heteroatoms. The molecule has 1 N–H and O–H groups in total. The maximum absolute atomic E-state index is 11.4. The van der Waals surface area contributed by atoms with Crippen molar-refractivity contribution in [2.24, 2.45) is 0 Å². The molecule has 0 bridgehead atoms. The van der Waals surface area contributed by atoms with E-state index in [-0.39, 0.29) is 0 Å². The number of nitrogens with zero attached hydrogens (tertiary/aromatic N) is 4. The van der Waals surface area contributed by atoms with E-state index in [1.54, 1.807) is 36.0 Å². The van der Waals surface area contributed by atoms with Gasteiger partial charge in [-0.2, -0.15) is 0 Å². The summed E-state index contributed by atoms with van der Waals surface area (Å²) in [5, 5.41) is 17.5. The molecule has 2 aromatic heterocycles. The number of aryl methyl sites for hydroxylation is 1. The molecular formula is C12H12N4O2. The standard InChI is InChI=1S/C12H12N4O2/c1-8-14-15-10(9-2-6-13-7-3-9)16(8)12(4-5-12)11(17)18/h2-3,6-7H,4-5H2,1H3,(H,17,18). The summed E-state index contributed by atoms with van der Waals surface area (Å²) in [5.41, 5.74) is -0.0234. The summed E-state index contributed by atoms with van der Waals surface area (Å²) >= 11 is 0.